The van der Waals surface area contributed by atoms with E-state index in [0.29, 0.717) is 0 Å². The number of rotatable bonds is 0. The zero-order valence-electron chi connectivity index (χ0n) is 5.52. The molecule has 0 unspecified atom stereocenters. The molecule has 0 bridgehead atoms. The van der Waals surface area contributed by atoms with E-state index in [0.717, 1.165) is 16.2 Å². The van der Waals surface area contributed by atoms with E-state index < -0.39 is 0 Å². The fraction of sp³-hybridized carbons (Fsp3) is 0.167. The van der Waals surface area contributed by atoms with Crippen molar-refractivity contribution >= 4 is 5.65 Å². The third kappa shape index (κ3) is 0.478. The van der Waals surface area contributed by atoms with Crippen LogP contribution >= 0.6 is 0 Å². The van der Waals surface area contributed by atoms with Crippen molar-refractivity contribution in [1.29, 1.82) is 0 Å². The zero-order valence-corrected chi connectivity index (χ0v) is 5.52. The van der Waals surface area contributed by atoms with Gasteiger partial charge in [0.1, 0.15) is 0 Å². The van der Waals surface area contributed by atoms with Gasteiger partial charge in [0, 0.05) is 12.3 Å². The van der Waals surface area contributed by atoms with Crippen LogP contribution in [-0.4, -0.2) is 19.6 Å². The van der Waals surface area contributed by atoms with Gasteiger partial charge in [-0.25, -0.2) is 9.50 Å². The van der Waals surface area contributed by atoms with Crippen molar-refractivity contribution in [3.8, 4) is 0 Å². The van der Waals surface area contributed by atoms with E-state index >= 15 is 0 Å². The Morgan fingerprint density at radius 1 is 1.60 bits per heavy atom. The zero-order chi connectivity index (χ0) is 7.14. The smallest absolute Gasteiger partial charge is 0.156 e. The van der Waals surface area contributed by atoms with Gasteiger partial charge in [0.15, 0.2) is 5.65 Å². The standard InChI is InChI=1S/C6H7N3O/c1-5-4-6-7-2-3-8(6)9(5)10/h2-4,10H,1H3. The van der Waals surface area contributed by atoms with E-state index in [2.05, 4.69) is 4.98 Å². The molecule has 0 saturated heterocycles. The van der Waals surface area contributed by atoms with Crippen LogP contribution in [-0.2, 0) is 0 Å². The molecular weight excluding hydrogens is 130 g/mol. The SMILES string of the molecule is Cc1cc2nccn2n1O. The van der Waals surface area contributed by atoms with Crippen molar-refractivity contribution in [3.63, 3.8) is 0 Å². The molecule has 0 aliphatic rings. The fourth-order valence-corrected chi connectivity index (χ4v) is 0.986. The lowest BCUT2D eigenvalue weighted by atomic mass is 10.5. The summed E-state index contributed by atoms with van der Waals surface area (Å²) in [5, 5.41) is 9.23. The maximum absolute atomic E-state index is 9.23. The number of hydrogen-bond donors (Lipinski definition) is 1. The van der Waals surface area contributed by atoms with E-state index in [1.807, 2.05) is 6.92 Å². The van der Waals surface area contributed by atoms with E-state index in [-0.39, 0.29) is 0 Å². The molecule has 2 heterocycles. The highest BCUT2D eigenvalue weighted by Gasteiger charge is 2.01. The number of nitrogens with zero attached hydrogens (tertiary/aromatic N) is 3. The van der Waals surface area contributed by atoms with Crippen LogP contribution in [0.4, 0.5) is 0 Å². The van der Waals surface area contributed by atoms with Gasteiger partial charge in [-0.05, 0) is 6.92 Å². The second-order valence-corrected chi connectivity index (χ2v) is 2.21. The minimum atomic E-state index is 0.764. The van der Waals surface area contributed by atoms with Crippen LogP contribution in [0.1, 0.15) is 5.69 Å². The second-order valence-electron chi connectivity index (χ2n) is 2.21. The van der Waals surface area contributed by atoms with Crippen molar-refractivity contribution in [1.82, 2.24) is 14.3 Å². The Bertz CT molecular complexity index is 360. The summed E-state index contributed by atoms with van der Waals surface area (Å²) in [5.41, 5.74) is 1.54. The molecule has 0 amide bonds. The third-order valence-electron chi connectivity index (χ3n) is 1.51. The lowest BCUT2D eigenvalue weighted by Gasteiger charge is -1.93. The number of imidazole rings is 1. The minimum absolute atomic E-state index is 0.764. The van der Waals surface area contributed by atoms with Crippen LogP contribution in [0.5, 0.6) is 0 Å². The second kappa shape index (κ2) is 1.53. The lowest BCUT2D eigenvalue weighted by molar-refractivity contribution is 0.131. The number of fused-ring (bicyclic) bond motifs is 1. The van der Waals surface area contributed by atoms with Crippen molar-refractivity contribution in [2.75, 3.05) is 0 Å². The van der Waals surface area contributed by atoms with Crippen molar-refractivity contribution in [3.05, 3.63) is 24.2 Å². The van der Waals surface area contributed by atoms with Gasteiger partial charge in [0.05, 0.1) is 11.9 Å². The average molecular weight is 137 g/mol. The molecule has 2 rings (SSSR count). The number of aromatic nitrogens is 3. The average Bonchev–Trinajstić information content (AvgIpc) is 2.41. The Labute approximate surface area is 57.3 Å². The molecule has 0 radical (unpaired) electrons. The summed E-state index contributed by atoms with van der Waals surface area (Å²) >= 11 is 0. The lowest BCUT2D eigenvalue weighted by Crippen LogP contribution is -1.99. The number of hydrogen-bond acceptors (Lipinski definition) is 2. The summed E-state index contributed by atoms with van der Waals surface area (Å²) in [6, 6.07) is 1.81. The minimum Gasteiger partial charge on any atom is -0.413 e. The molecule has 4 nitrogen and oxygen atoms in total. The number of aryl methyl sites for hydroxylation is 1. The first-order chi connectivity index (χ1) is 4.79. The van der Waals surface area contributed by atoms with Gasteiger partial charge in [0.25, 0.3) is 0 Å². The first kappa shape index (κ1) is 5.34. The van der Waals surface area contributed by atoms with E-state index in [1.54, 1.807) is 23.0 Å². The van der Waals surface area contributed by atoms with Crippen molar-refractivity contribution < 1.29 is 5.21 Å². The predicted octanol–water partition coefficient (Wildman–Crippen LogP) is 0.682. The Kier molecular flexibility index (Phi) is 0.818. The van der Waals surface area contributed by atoms with Crippen LogP contribution in [0.2, 0.25) is 0 Å². The first-order valence-electron chi connectivity index (χ1n) is 3.00. The van der Waals surface area contributed by atoms with Crippen LogP contribution in [0.25, 0.3) is 5.65 Å². The topological polar surface area (TPSA) is 42.5 Å². The molecule has 0 saturated carbocycles. The Morgan fingerprint density at radius 3 is 3.10 bits per heavy atom. The molecule has 4 heteroatoms. The molecule has 0 atom stereocenters. The van der Waals surface area contributed by atoms with E-state index in [4.69, 9.17) is 0 Å². The molecule has 52 valence electrons. The Hall–Kier alpha value is -1.45. The van der Waals surface area contributed by atoms with Gasteiger partial charge in [-0.3, -0.25) is 0 Å². The normalized spacial score (nSPS) is 10.9. The molecule has 0 spiro atoms. The molecule has 10 heavy (non-hydrogen) atoms. The summed E-state index contributed by atoms with van der Waals surface area (Å²) in [7, 11) is 0. The maximum Gasteiger partial charge on any atom is 0.156 e. The van der Waals surface area contributed by atoms with E-state index in [9.17, 15) is 5.21 Å². The largest absolute Gasteiger partial charge is 0.413 e. The molecule has 0 aliphatic carbocycles. The molecule has 0 aromatic carbocycles. The maximum atomic E-state index is 9.23. The molecule has 0 aliphatic heterocycles. The van der Waals surface area contributed by atoms with Gasteiger partial charge in [-0.2, -0.15) is 0 Å². The molecule has 1 N–H and O–H groups in total. The highest BCUT2D eigenvalue weighted by atomic mass is 16.5. The summed E-state index contributed by atoms with van der Waals surface area (Å²) in [4.78, 5) is 5.04. The van der Waals surface area contributed by atoms with E-state index in [1.165, 1.54) is 0 Å². The summed E-state index contributed by atoms with van der Waals surface area (Å²) < 4.78 is 1.56. The van der Waals surface area contributed by atoms with Crippen LogP contribution in [0, 0.1) is 6.92 Å². The highest BCUT2D eigenvalue weighted by molar-refractivity contribution is 5.38. The Balaban J connectivity index is 2.95. The molecular formula is C6H7N3O. The molecule has 2 aromatic rings. The summed E-state index contributed by atoms with van der Waals surface area (Å²) in [5.74, 6) is 0. The van der Waals surface area contributed by atoms with Gasteiger partial charge < -0.3 is 5.21 Å². The summed E-state index contributed by atoms with van der Waals surface area (Å²) in [6.07, 6.45) is 3.34. The van der Waals surface area contributed by atoms with Gasteiger partial charge in [-0.1, -0.05) is 0 Å². The fourth-order valence-electron chi connectivity index (χ4n) is 0.986. The van der Waals surface area contributed by atoms with Gasteiger partial charge >= 0.3 is 0 Å². The molecule has 2 aromatic heterocycles. The van der Waals surface area contributed by atoms with Crippen LogP contribution < -0.4 is 0 Å². The quantitative estimate of drug-likeness (QED) is 0.542. The third-order valence-corrected chi connectivity index (χ3v) is 1.51. The predicted molar refractivity (Wildman–Crippen MR) is 35.1 cm³/mol. The molecule has 0 fully saturated rings. The van der Waals surface area contributed by atoms with Crippen molar-refractivity contribution in [2.45, 2.75) is 6.92 Å². The highest BCUT2D eigenvalue weighted by Crippen LogP contribution is 2.04. The van der Waals surface area contributed by atoms with Crippen molar-refractivity contribution in [2.24, 2.45) is 0 Å². The van der Waals surface area contributed by atoms with Crippen LogP contribution in [0.15, 0.2) is 18.5 Å². The monoisotopic (exact) mass is 137 g/mol. The Morgan fingerprint density at radius 2 is 2.40 bits per heavy atom. The summed E-state index contributed by atoms with van der Waals surface area (Å²) in [6.45, 7) is 1.81. The van der Waals surface area contributed by atoms with Gasteiger partial charge in [0.2, 0.25) is 0 Å². The van der Waals surface area contributed by atoms with Crippen LogP contribution in [0.3, 0.4) is 0 Å². The van der Waals surface area contributed by atoms with Gasteiger partial charge in [-0.15, -0.1) is 4.85 Å². The first-order valence-corrected chi connectivity index (χ1v) is 3.00.